The van der Waals surface area contributed by atoms with Crippen LogP contribution in [0.1, 0.15) is 29.7 Å². The maximum atomic E-state index is 8.87. The second kappa shape index (κ2) is 8.59. The molecule has 3 aromatic rings. The third kappa shape index (κ3) is 4.02. The van der Waals surface area contributed by atoms with E-state index in [2.05, 4.69) is 63.7 Å². The first-order chi connectivity index (χ1) is 13.4. The van der Waals surface area contributed by atoms with Crippen molar-refractivity contribution in [1.29, 1.82) is 0 Å². The van der Waals surface area contributed by atoms with Crippen molar-refractivity contribution in [2.75, 3.05) is 25.0 Å². The second-order valence-electron chi connectivity index (χ2n) is 7.33. The van der Waals surface area contributed by atoms with Crippen LogP contribution in [0.2, 0.25) is 0 Å². The number of aliphatic hydroxyl groups excluding tert-OH is 1. The van der Waals surface area contributed by atoms with Crippen LogP contribution in [0.3, 0.4) is 0 Å². The number of aromatic nitrogens is 1. The number of benzene rings is 2. The molecule has 0 atom stereocenters. The van der Waals surface area contributed by atoms with Gasteiger partial charge in [-0.1, -0.05) is 30.3 Å². The zero-order valence-corrected chi connectivity index (χ0v) is 15.9. The highest BCUT2D eigenvalue weighted by molar-refractivity contribution is 5.85. The topological polar surface area (TPSA) is 49.2 Å². The van der Waals surface area contributed by atoms with Gasteiger partial charge in [-0.15, -0.1) is 0 Å². The Hall–Kier alpha value is -2.30. The van der Waals surface area contributed by atoms with Crippen molar-refractivity contribution in [1.82, 2.24) is 9.88 Å². The van der Waals surface area contributed by atoms with Gasteiger partial charge in [0.1, 0.15) is 0 Å². The summed E-state index contributed by atoms with van der Waals surface area (Å²) < 4.78 is 2.55. The highest BCUT2D eigenvalue weighted by atomic mass is 16.3. The number of nitrogens with zero attached hydrogens (tertiary/aromatic N) is 1. The van der Waals surface area contributed by atoms with Gasteiger partial charge in [-0.05, 0) is 61.6 Å². The summed E-state index contributed by atoms with van der Waals surface area (Å²) in [6, 6.07) is 17.3. The molecule has 0 amide bonds. The van der Waals surface area contributed by atoms with E-state index in [4.69, 9.17) is 5.11 Å². The fourth-order valence-corrected chi connectivity index (χ4v) is 4.20. The van der Waals surface area contributed by atoms with Crippen molar-refractivity contribution in [2.45, 2.75) is 38.8 Å². The molecule has 3 N–H and O–H groups in total. The first-order valence-electron chi connectivity index (χ1n) is 10.1. The van der Waals surface area contributed by atoms with Crippen LogP contribution in [0.15, 0.2) is 48.5 Å². The van der Waals surface area contributed by atoms with Crippen molar-refractivity contribution in [3.05, 3.63) is 65.4 Å². The monoisotopic (exact) mass is 363 g/mol. The molecule has 0 fully saturated rings. The van der Waals surface area contributed by atoms with Crippen LogP contribution in [0.4, 0.5) is 5.69 Å². The molecular formula is C23H29N3O. The highest BCUT2D eigenvalue weighted by Crippen LogP contribution is 2.30. The van der Waals surface area contributed by atoms with E-state index in [1.54, 1.807) is 11.3 Å². The largest absolute Gasteiger partial charge is 0.395 e. The second-order valence-corrected chi connectivity index (χ2v) is 7.33. The summed E-state index contributed by atoms with van der Waals surface area (Å²) in [5, 5.41) is 17.1. The van der Waals surface area contributed by atoms with Crippen LogP contribution in [-0.4, -0.2) is 29.4 Å². The van der Waals surface area contributed by atoms with E-state index < -0.39 is 0 Å². The Balaban J connectivity index is 1.37. The summed E-state index contributed by atoms with van der Waals surface area (Å²) in [5.41, 5.74) is 6.85. The predicted molar refractivity (Wildman–Crippen MR) is 112 cm³/mol. The maximum absolute atomic E-state index is 8.87. The Morgan fingerprint density at radius 3 is 2.67 bits per heavy atom. The Bertz CT molecular complexity index is 883. The number of nitrogens with one attached hydrogen (secondary N) is 2. The van der Waals surface area contributed by atoms with Gasteiger partial charge in [-0.25, -0.2) is 0 Å². The average molecular weight is 364 g/mol. The zero-order valence-electron chi connectivity index (χ0n) is 15.9. The molecule has 2 aromatic carbocycles. The number of hydrogen-bond donors (Lipinski definition) is 3. The lowest BCUT2D eigenvalue weighted by molar-refractivity contribution is 0.311. The molecule has 4 nitrogen and oxygen atoms in total. The number of hydrogen-bond acceptors (Lipinski definition) is 3. The number of anilines is 1. The highest BCUT2D eigenvalue weighted by Gasteiger charge is 2.18. The molecule has 0 saturated heterocycles. The predicted octanol–water partition coefficient (Wildman–Crippen LogP) is 3.71. The van der Waals surface area contributed by atoms with Gasteiger partial charge in [0.25, 0.3) is 0 Å². The van der Waals surface area contributed by atoms with Gasteiger partial charge in [0.05, 0.1) is 6.61 Å². The minimum Gasteiger partial charge on any atom is -0.395 e. The first-order valence-corrected chi connectivity index (χ1v) is 10.1. The van der Waals surface area contributed by atoms with E-state index in [-0.39, 0.29) is 6.61 Å². The lowest BCUT2D eigenvalue weighted by atomic mass is 10.0. The Morgan fingerprint density at radius 2 is 1.81 bits per heavy atom. The van der Waals surface area contributed by atoms with E-state index in [0.29, 0.717) is 6.54 Å². The molecule has 2 heterocycles. The van der Waals surface area contributed by atoms with Crippen LogP contribution < -0.4 is 10.6 Å². The van der Waals surface area contributed by atoms with E-state index in [9.17, 15) is 0 Å². The van der Waals surface area contributed by atoms with Gasteiger partial charge in [-0.2, -0.15) is 0 Å². The van der Waals surface area contributed by atoms with Gasteiger partial charge in [-0.3, -0.25) is 0 Å². The molecular weight excluding hydrogens is 334 g/mol. The number of para-hydroxylation sites is 1. The summed E-state index contributed by atoms with van der Waals surface area (Å²) in [4.78, 5) is 0. The maximum Gasteiger partial charge on any atom is 0.0604 e. The summed E-state index contributed by atoms with van der Waals surface area (Å²) in [5.74, 6) is 0. The zero-order chi connectivity index (χ0) is 18.5. The quantitative estimate of drug-likeness (QED) is 0.535. The van der Waals surface area contributed by atoms with E-state index >= 15 is 0 Å². The van der Waals surface area contributed by atoms with Crippen LogP contribution >= 0.6 is 0 Å². The minimum absolute atomic E-state index is 0.154. The average Bonchev–Trinajstić information content (AvgIpc) is 3.04. The van der Waals surface area contributed by atoms with Crippen LogP contribution in [-0.2, 0) is 25.9 Å². The van der Waals surface area contributed by atoms with Gasteiger partial charge < -0.3 is 20.3 Å². The molecule has 1 aliphatic heterocycles. The molecule has 0 radical (unpaired) electrons. The molecule has 0 saturated carbocycles. The Morgan fingerprint density at radius 1 is 0.963 bits per heavy atom. The van der Waals surface area contributed by atoms with Crippen LogP contribution in [0, 0.1) is 0 Å². The molecule has 4 heteroatoms. The van der Waals surface area contributed by atoms with Crippen molar-refractivity contribution in [3.63, 3.8) is 0 Å². The summed E-state index contributed by atoms with van der Waals surface area (Å²) in [6.07, 6.45) is 4.91. The summed E-state index contributed by atoms with van der Waals surface area (Å²) in [7, 11) is 0. The van der Waals surface area contributed by atoms with Gasteiger partial charge in [0, 0.05) is 41.9 Å². The Labute approximate surface area is 161 Å². The molecule has 4 rings (SSSR count). The third-order valence-corrected chi connectivity index (χ3v) is 5.52. The fraction of sp³-hybridized carbons (Fsp3) is 0.391. The summed E-state index contributed by atoms with van der Waals surface area (Å²) >= 11 is 0. The molecule has 0 bridgehead atoms. The molecule has 142 valence electrons. The number of aryl methyl sites for hydroxylation is 1. The standard InChI is InChI=1S/C23H29N3O/c27-16-14-25-19-10-8-18(9-11-19)17-24-13-12-21-20-5-1-2-6-22(20)26-15-4-3-7-23(21)26/h1-2,5-6,8-11,24-25,27H,3-4,7,12-17H2. The molecule has 0 spiro atoms. The molecule has 1 aromatic heterocycles. The normalized spacial score (nSPS) is 13.7. The number of rotatable bonds is 8. The molecule has 0 unspecified atom stereocenters. The van der Waals surface area contributed by atoms with Crippen molar-refractivity contribution in [2.24, 2.45) is 0 Å². The van der Waals surface area contributed by atoms with Gasteiger partial charge in [0.2, 0.25) is 0 Å². The van der Waals surface area contributed by atoms with Crippen molar-refractivity contribution in [3.8, 4) is 0 Å². The SMILES string of the molecule is OCCNc1ccc(CNCCc2c3n(c4ccccc24)CCCC3)cc1. The third-order valence-electron chi connectivity index (χ3n) is 5.52. The smallest absolute Gasteiger partial charge is 0.0604 e. The fourth-order valence-electron chi connectivity index (χ4n) is 4.20. The van der Waals surface area contributed by atoms with Gasteiger partial charge >= 0.3 is 0 Å². The van der Waals surface area contributed by atoms with Gasteiger partial charge in [0.15, 0.2) is 0 Å². The first kappa shape index (κ1) is 18.1. The van der Waals surface area contributed by atoms with Crippen molar-refractivity contribution >= 4 is 16.6 Å². The van der Waals surface area contributed by atoms with Crippen molar-refractivity contribution < 1.29 is 5.11 Å². The summed E-state index contributed by atoms with van der Waals surface area (Å²) in [6.45, 7) is 3.79. The minimum atomic E-state index is 0.154. The lowest BCUT2D eigenvalue weighted by Gasteiger charge is -2.17. The van der Waals surface area contributed by atoms with E-state index in [1.165, 1.54) is 42.3 Å². The number of aliphatic hydroxyl groups is 1. The number of fused-ring (bicyclic) bond motifs is 3. The van der Waals surface area contributed by atoms with E-state index in [1.807, 2.05) is 0 Å². The molecule has 27 heavy (non-hydrogen) atoms. The Kier molecular flexibility index (Phi) is 5.75. The molecule has 0 aliphatic carbocycles. The van der Waals surface area contributed by atoms with Crippen LogP contribution in [0.25, 0.3) is 10.9 Å². The molecule has 1 aliphatic rings. The van der Waals surface area contributed by atoms with E-state index in [0.717, 1.165) is 25.2 Å². The lowest BCUT2D eigenvalue weighted by Crippen LogP contribution is -2.18. The van der Waals surface area contributed by atoms with Crippen LogP contribution in [0.5, 0.6) is 0 Å².